The maximum atomic E-state index is 11.0. The maximum Gasteiger partial charge on any atom is 0.335 e. The van der Waals surface area contributed by atoms with E-state index in [-0.39, 0.29) is 6.17 Å². The number of hydrogen-bond acceptors (Lipinski definition) is 3. The van der Waals surface area contributed by atoms with Crippen LogP contribution in [0.3, 0.4) is 0 Å². The highest BCUT2D eigenvalue weighted by Gasteiger charge is 2.27. The summed E-state index contributed by atoms with van der Waals surface area (Å²) >= 11 is 0. The van der Waals surface area contributed by atoms with E-state index in [0.717, 1.165) is 13.0 Å². The zero-order valence-corrected chi connectivity index (χ0v) is 10.2. The molecule has 0 amide bonds. The number of hydrogen-bond donors (Lipinski definition) is 2. The summed E-state index contributed by atoms with van der Waals surface area (Å²) in [5, 5.41) is 12.3. The van der Waals surface area contributed by atoms with Gasteiger partial charge in [-0.15, -0.1) is 0 Å². The molecule has 4 heteroatoms. The molecule has 2 rings (SSSR count). The van der Waals surface area contributed by atoms with Crippen LogP contribution in [0.5, 0.6) is 0 Å². The van der Waals surface area contributed by atoms with Crippen LogP contribution < -0.4 is 5.32 Å². The van der Waals surface area contributed by atoms with E-state index in [4.69, 9.17) is 5.11 Å². The van der Waals surface area contributed by atoms with Crippen molar-refractivity contribution < 1.29 is 9.90 Å². The molecule has 0 spiro atoms. The average molecular weight is 236 g/mol. The molecule has 2 N–H and O–H groups in total. The predicted octanol–water partition coefficient (Wildman–Crippen LogP) is 1.70. The molecule has 1 unspecified atom stereocenters. The highest BCUT2D eigenvalue weighted by molar-refractivity contribution is 5.90. The van der Waals surface area contributed by atoms with E-state index in [9.17, 15) is 4.79 Å². The fraction of sp³-hybridized carbons (Fsp3) is 0.615. The molecule has 94 valence electrons. The van der Waals surface area contributed by atoms with Gasteiger partial charge in [-0.3, -0.25) is 4.90 Å². The Labute approximate surface area is 102 Å². The predicted molar refractivity (Wildman–Crippen MR) is 66.4 cm³/mol. The van der Waals surface area contributed by atoms with Gasteiger partial charge in [0, 0.05) is 12.6 Å². The van der Waals surface area contributed by atoms with Crippen molar-refractivity contribution in [2.75, 3.05) is 6.54 Å². The number of aliphatic carboxylic acids is 1. The number of carboxylic acids is 1. The van der Waals surface area contributed by atoms with Gasteiger partial charge < -0.3 is 10.4 Å². The molecular weight excluding hydrogens is 216 g/mol. The molecule has 0 aliphatic carbocycles. The van der Waals surface area contributed by atoms with E-state index < -0.39 is 5.97 Å². The zero-order valence-electron chi connectivity index (χ0n) is 10.2. The SMILES string of the molecule is CC[C@@H]1CCCCN1C1C=C(C(=O)O)C=CN1. The van der Waals surface area contributed by atoms with Gasteiger partial charge in [-0.2, -0.15) is 0 Å². The zero-order chi connectivity index (χ0) is 12.3. The number of nitrogens with one attached hydrogen (secondary N) is 1. The average Bonchev–Trinajstić information content (AvgIpc) is 2.39. The normalized spacial score (nSPS) is 29.6. The summed E-state index contributed by atoms with van der Waals surface area (Å²) in [7, 11) is 0. The third-order valence-corrected chi connectivity index (χ3v) is 3.62. The van der Waals surface area contributed by atoms with Crippen LogP contribution in [-0.2, 0) is 4.79 Å². The molecule has 2 heterocycles. The molecule has 0 bridgehead atoms. The number of rotatable bonds is 3. The van der Waals surface area contributed by atoms with Crippen LogP contribution >= 0.6 is 0 Å². The van der Waals surface area contributed by atoms with Gasteiger partial charge in [0.2, 0.25) is 0 Å². The van der Waals surface area contributed by atoms with Gasteiger partial charge in [0.25, 0.3) is 0 Å². The van der Waals surface area contributed by atoms with Crippen LogP contribution in [0.25, 0.3) is 0 Å². The maximum absolute atomic E-state index is 11.0. The Morgan fingerprint density at radius 2 is 2.41 bits per heavy atom. The Morgan fingerprint density at radius 3 is 3.12 bits per heavy atom. The van der Waals surface area contributed by atoms with Crippen molar-refractivity contribution >= 4 is 5.97 Å². The standard InChI is InChI=1S/C13H20N2O2/c1-2-11-5-3-4-8-15(11)12-9-10(13(16)17)6-7-14-12/h6-7,9,11-12,14H,2-5,8H2,1H3,(H,16,17)/t11-,12?/m1/s1. The number of piperidine rings is 1. The van der Waals surface area contributed by atoms with Crippen molar-refractivity contribution in [1.29, 1.82) is 0 Å². The fourth-order valence-electron chi connectivity index (χ4n) is 2.67. The minimum absolute atomic E-state index is 0.0383. The van der Waals surface area contributed by atoms with E-state index in [0.29, 0.717) is 11.6 Å². The van der Waals surface area contributed by atoms with Crippen molar-refractivity contribution in [2.24, 2.45) is 0 Å². The minimum Gasteiger partial charge on any atom is -0.478 e. The van der Waals surface area contributed by atoms with Crippen LogP contribution in [0.4, 0.5) is 0 Å². The Hall–Kier alpha value is -1.29. The second-order valence-corrected chi connectivity index (χ2v) is 4.67. The smallest absolute Gasteiger partial charge is 0.335 e. The minimum atomic E-state index is -0.849. The molecular formula is C13H20N2O2. The van der Waals surface area contributed by atoms with Crippen LogP contribution in [0.1, 0.15) is 32.6 Å². The highest BCUT2D eigenvalue weighted by atomic mass is 16.4. The summed E-state index contributed by atoms with van der Waals surface area (Å²) in [4.78, 5) is 13.4. The van der Waals surface area contributed by atoms with E-state index in [1.165, 1.54) is 19.3 Å². The number of carbonyl (C=O) groups is 1. The Bertz CT molecular complexity index is 349. The highest BCUT2D eigenvalue weighted by Crippen LogP contribution is 2.23. The summed E-state index contributed by atoms with van der Waals surface area (Å²) in [5.41, 5.74) is 0.383. The second kappa shape index (κ2) is 5.36. The number of dihydropyridines is 1. The van der Waals surface area contributed by atoms with Crippen molar-refractivity contribution in [3.05, 3.63) is 23.9 Å². The van der Waals surface area contributed by atoms with E-state index in [1.807, 2.05) is 6.08 Å². The molecule has 1 saturated heterocycles. The first kappa shape index (κ1) is 12.2. The topological polar surface area (TPSA) is 52.6 Å². The Kier molecular flexibility index (Phi) is 3.84. The summed E-state index contributed by atoms with van der Waals surface area (Å²) in [6, 6.07) is 0.569. The Morgan fingerprint density at radius 1 is 1.59 bits per heavy atom. The van der Waals surface area contributed by atoms with E-state index in [1.54, 1.807) is 12.3 Å². The molecule has 1 fully saturated rings. The van der Waals surface area contributed by atoms with Crippen LogP contribution in [0, 0.1) is 0 Å². The van der Waals surface area contributed by atoms with Crippen molar-refractivity contribution in [1.82, 2.24) is 10.2 Å². The summed E-state index contributed by atoms with van der Waals surface area (Å²) in [6.45, 7) is 3.25. The molecule has 0 aromatic rings. The van der Waals surface area contributed by atoms with E-state index in [2.05, 4.69) is 17.1 Å². The quantitative estimate of drug-likeness (QED) is 0.783. The van der Waals surface area contributed by atoms with Gasteiger partial charge in [0.15, 0.2) is 0 Å². The lowest BCUT2D eigenvalue weighted by atomic mass is 9.98. The lowest BCUT2D eigenvalue weighted by Crippen LogP contribution is -2.51. The van der Waals surface area contributed by atoms with Gasteiger partial charge in [-0.25, -0.2) is 4.79 Å². The third kappa shape index (κ3) is 2.69. The summed E-state index contributed by atoms with van der Waals surface area (Å²) < 4.78 is 0. The molecule has 17 heavy (non-hydrogen) atoms. The molecule has 0 aromatic heterocycles. The lowest BCUT2D eigenvalue weighted by Gasteiger charge is -2.40. The van der Waals surface area contributed by atoms with Gasteiger partial charge in [0.05, 0.1) is 11.7 Å². The van der Waals surface area contributed by atoms with E-state index >= 15 is 0 Å². The van der Waals surface area contributed by atoms with Gasteiger partial charge in [-0.1, -0.05) is 13.3 Å². The second-order valence-electron chi connectivity index (χ2n) is 4.67. The van der Waals surface area contributed by atoms with Crippen molar-refractivity contribution in [3.63, 3.8) is 0 Å². The van der Waals surface area contributed by atoms with Crippen molar-refractivity contribution in [3.8, 4) is 0 Å². The first-order valence-electron chi connectivity index (χ1n) is 6.36. The lowest BCUT2D eigenvalue weighted by molar-refractivity contribution is -0.132. The first-order chi connectivity index (χ1) is 8.22. The number of likely N-dealkylation sites (tertiary alicyclic amines) is 1. The van der Waals surface area contributed by atoms with Crippen LogP contribution in [-0.4, -0.2) is 34.7 Å². The van der Waals surface area contributed by atoms with Crippen LogP contribution in [0.2, 0.25) is 0 Å². The molecule has 2 atom stereocenters. The Balaban J connectivity index is 2.11. The molecule has 4 nitrogen and oxygen atoms in total. The molecule has 0 aromatic carbocycles. The number of nitrogens with zero attached hydrogens (tertiary/aromatic N) is 1. The van der Waals surface area contributed by atoms with Crippen LogP contribution in [0.15, 0.2) is 23.9 Å². The van der Waals surface area contributed by atoms with Crippen molar-refractivity contribution in [2.45, 2.75) is 44.8 Å². The molecule has 2 aliphatic heterocycles. The van der Waals surface area contributed by atoms with Gasteiger partial charge in [0.1, 0.15) is 0 Å². The number of carboxylic acid groups (broad SMARTS) is 1. The summed E-state index contributed by atoms with van der Waals surface area (Å²) in [6.07, 6.45) is 10.0. The molecule has 0 radical (unpaired) electrons. The summed E-state index contributed by atoms with van der Waals surface area (Å²) in [5.74, 6) is -0.849. The molecule has 0 saturated carbocycles. The van der Waals surface area contributed by atoms with Gasteiger partial charge >= 0.3 is 5.97 Å². The first-order valence-corrected chi connectivity index (χ1v) is 6.36. The molecule has 2 aliphatic rings. The third-order valence-electron chi connectivity index (χ3n) is 3.62. The monoisotopic (exact) mass is 236 g/mol. The van der Waals surface area contributed by atoms with Gasteiger partial charge in [-0.05, 0) is 37.6 Å². The fourth-order valence-corrected chi connectivity index (χ4v) is 2.67. The largest absolute Gasteiger partial charge is 0.478 e.